The third-order valence-corrected chi connectivity index (χ3v) is 4.11. The first-order chi connectivity index (χ1) is 9.65. The molecule has 1 aliphatic rings. The summed E-state index contributed by atoms with van der Waals surface area (Å²) in [5.74, 6) is 0. The van der Waals surface area contributed by atoms with Gasteiger partial charge in [-0.1, -0.05) is 22.6 Å². The van der Waals surface area contributed by atoms with Crippen molar-refractivity contribution in [2.45, 2.75) is 44.8 Å². The van der Waals surface area contributed by atoms with Crippen molar-refractivity contribution in [2.75, 3.05) is 11.0 Å². The first-order valence-corrected chi connectivity index (χ1v) is 8.24. The van der Waals surface area contributed by atoms with E-state index in [0.29, 0.717) is 25.0 Å². The molecule has 0 saturated carbocycles. The van der Waals surface area contributed by atoms with E-state index in [1.165, 1.54) is 6.20 Å². The Morgan fingerprint density at radius 2 is 2.30 bits per heavy atom. The highest BCUT2D eigenvalue weighted by atomic mass is 127. The Balaban J connectivity index is 2.35. The van der Waals surface area contributed by atoms with Crippen molar-refractivity contribution in [3.8, 4) is 0 Å². The van der Waals surface area contributed by atoms with Crippen LogP contribution in [-0.4, -0.2) is 20.8 Å². The molecule has 0 radical (unpaired) electrons. The molecule has 2 heterocycles. The summed E-state index contributed by atoms with van der Waals surface area (Å²) in [6, 6.07) is 0. The van der Waals surface area contributed by atoms with Crippen LogP contribution in [0.5, 0.6) is 0 Å². The molecule has 1 fully saturated rings. The summed E-state index contributed by atoms with van der Waals surface area (Å²) in [6.45, 7) is 0.541. The van der Waals surface area contributed by atoms with Crippen LogP contribution in [0.1, 0.15) is 49.5 Å². The van der Waals surface area contributed by atoms with Gasteiger partial charge in [-0.05, 0) is 42.1 Å². The molecule has 0 amide bonds. The van der Waals surface area contributed by atoms with Crippen molar-refractivity contribution in [2.24, 2.45) is 0 Å². The van der Waals surface area contributed by atoms with Crippen LogP contribution in [0.4, 0.5) is 8.78 Å². The predicted octanol–water partition coefficient (Wildman–Crippen LogP) is 3.25. The van der Waals surface area contributed by atoms with E-state index in [1.54, 1.807) is 0 Å². The van der Waals surface area contributed by atoms with Gasteiger partial charge in [-0.3, -0.25) is 4.79 Å². The number of alkyl halides is 3. The Morgan fingerprint density at radius 1 is 1.50 bits per heavy atom. The average Bonchev–Trinajstić information content (AvgIpc) is 2.45. The van der Waals surface area contributed by atoms with E-state index in [1.807, 2.05) is 0 Å². The van der Waals surface area contributed by atoms with Gasteiger partial charge in [0.1, 0.15) is 0 Å². The summed E-state index contributed by atoms with van der Waals surface area (Å²) in [4.78, 5) is 12.2. The van der Waals surface area contributed by atoms with Crippen LogP contribution < -0.4 is 5.56 Å². The SMILES string of the molecule is O=c1c(C(F)F)c(CCCI)cnn1C1CCCCO1. The largest absolute Gasteiger partial charge is 0.356 e. The molecule has 1 saturated heterocycles. The lowest BCUT2D eigenvalue weighted by atomic mass is 10.1. The summed E-state index contributed by atoms with van der Waals surface area (Å²) < 4.78 is 33.7. The molecule has 1 aromatic rings. The van der Waals surface area contributed by atoms with Crippen molar-refractivity contribution < 1.29 is 13.5 Å². The molecule has 1 aliphatic heterocycles. The van der Waals surface area contributed by atoms with E-state index >= 15 is 0 Å². The van der Waals surface area contributed by atoms with Gasteiger partial charge in [0.25, 0.3) is 12.0 Å². The molecule has 20 heavy (non-hydrogen) atoms. The summed E-state index contributed by atoms with van der Waals surface area (Å²) in [5.41, 5.74) is -0.773. The fourth-order valence-electron chi connectivity index (χ4n) is 2.33. The van der Waals surface area contributed by atoms with E-state index < -0.39 is 23.8 Å². The van der Waals surface area contributed by atoms with E-state index in [4.69, 9.17) is 4.74 Å². The highest BCUT2D eigenvalue weighted by Crippen LogP contribution is 2.24. The van der Waals surface area contributed by atoms with Gasteiger partial charge < -0.3 is 4.74 Å². The molecule has 0 N–H and O–H groups in total. The highest BCUT2D eigenvalue weighted by Gasteiger charge is 2.24. The molecule has 4 nitrogen and oxygen atoms in total. The Morgan fingerprint density at radius 3 is 2.90 bits per heavy atom. The topological polar surface area (TPSA) is 44.1 Å². The van der Waals surface area contributed by atoms with Gasteiger partial charge in [0.15, 0.2) is 6.23 Å². The van der Waals surface area contributed by atoms with Crippen LogP contribution in [-0.2, 0) is 11.2 Å². The quantitative estimate of drug-likeness (QED) is 0.565. The number of aromatic nitrogens is 2. The zero-order valence-corrected chi connectivity index (χ0v) is 13.2. The van der Waals surface area contributed by atoms with Crippen molar-refractivity contribution in [1.82, 2.24) is 9.78 Å². The van der Waals surface area contributed by atoms with Crippen LogP contribution in [0.3, 0.4) is 0 Å². The van der Waals surface area contributed by atoms with Gasteiger partial charge >= 0.3 is 0 Å². The van der Waals surface area contributed by atoms with E-state index in [-0.39, 0.29) is 0 Å². The normalized spacial score (nSPS) is 19.5. The monoisotopic (exact) mass is 398 g/mol. The van der Waals surface area contributed by atoms with Crippen LogP contribution in [0.15, 0.2) is 11.0 Å². The number of aryl methyl sites for hydroxylation is 1. The standard InChI is InChI=1S/C13H17F2IN2O2/c14-12(15)11-9(4-3-6-16)8-17-18(13(11)19)10-5-1-2-7-20-10/h8,10,12H,1-7H2. The molecule has 7 heteroatoms. The molecular formula is C13H17F2IN2O2. The number of ether oxygens (including phenoxy) is 1. The van der Waals surface area contributed by atoms with Crippen LogP contribution in [0, 0.1) is 0 Å². The van der Waals surface area contributed by atoms with E-state index in [2.05, 4.69) is 27.7 Å². The second-order valence-electron chi connectivity index (χ2n) is 4.75. The smallest absolute Gasteiger partial charge is 0.278 e. The Hall–Kier alpha value is -0.570. The zero-order chi connectivity index (χ0) is 14.5. The lowest BCUT2D eigenvalue weighted by Gasteiger charge is -2.24. The van der Waals surface area contributed by atoms with Crippen molar-refractivity contribution in [1.29, 1.82) is 0 Å². The van der Waals surface area contributed by atoms with Gasteiger partial charge in [0.05, 0.1) is 11.8 Å². The molecule has 0 aliphatic carbocycles. The molecule has 1 atom stereocenters. The number of halogens is 3. The molecule has 0 bridgehead atoms. The summed E-state index contributed by atoms with van der Waals surface area (Å²) in [7, 11) is 0. The maximum Gasteiger partial charge on any atom is 0.278 e. The minimum atomic E-state index is -2.77. The maximum absolute atomic E-state index is 13.2. The second kappa shape index (κ2) is 7.44. The van der Waals surface area contributed by atoms with Gasteiger partial charge in [-0.15, -0.1) is 0 Å². The number of nitrogens with zero attached hydrogens (tertiary/aromatic N) is 2. The highest BCUT2D eigenvalue weighted by molar-refractivity contribution is 14.1. The number of rotatable bonds is 5. The van der Waals surface area contributed by atoms with Crippen LogP contribution in [0.2, 0.25) is 0 Å². The van der Waals surface area contributed by atoms with Gasteiger partial charge in [-0.25, -0.2) is 13.5 Å². The Kier molecular flexibility index (Phi) is 5.88. The first kappa shape index (κ1) is 15.8. The predicted molar refractivity (Wildman–Crippen MR) is 79.5 cm³/mol. The molecular weight excluding hydrogens is 381 g/mol. The van der Waals surface area contributed by atoms with Gasteiger partial charge in [0.2, 0.25) is 0 Å². The average molecular weight is 398 g/mol. The molecule has 2 rings (SSSR count). The maximum atomic E-state index is 13.2. The van der Waals surface area contributed by atoms with Crippen molar-refractivity contribution >= 4 is 22.6 Å². The molecule has 1 aromatic heterocycles. The van der Waals surface area contributed by atoms with Crippen LogP contribution >= 0.6 is 22.6 Å². The Labute approximate surface area is 129 Å². The number of hydrogen-bond acceptors (Lipinski definition) is 3. The second-order valence-corrected chi connectivity index (χ2v) is 5.83. The lowest BCUT2D eigenvalue weighted by molar-refractivity contribution is -0.0432. The third-order valence-electron chi connectivity index (χ3n) is 3.35. The van der Waals surface area contributed by atoms with Gasteiger partial charge in [0, 0.05) is 6.61 Å². The summed E-state index contributed by atoms with van der Waals surface area (Å²) >= 11 is 2.18. The third kappa shape index (κ3) is 3.55. The molecule has 0 aromatic carbocycles. The van der Waals surface area contributed by atoms with Crippen LogP contribution in [0.25, 0.3) is 0 Å². The molecule has 112 valence electrons. The molecule has 1 unspecified atom stereocenters. The summed E-state index contributed by atoms with van der Waals surface area (Å²) in [5, 5.41) is 4.04. The Bertz CT molecular complexity index is 502. The van der Waals surface area contributed by atoms with E-state index in [0.717, 1.165) is 28.4 Å². The zero-order valence-electron chi connectivity index (χ0n) is 11.0. The van der Waals surface area contributed by atoms with E-state index in [9.17, 15) is 13.6 Å². The van der Waals surface area contributed by atoms with Gasteiger partial charge in [-0.2, -0.15) is 5.10 Å². The number of hydrogen-bond donors (Lipinski definition) is 0. The minimum absolute atomic E-state index is 0.355. The fourth-order valence-corrected chi connectivity index (χ4v) is 2.71. The minimum Gasteiger partial charge on any atom is -0.356 e. The lowest BCUT2D eigenvalue weighted by Crippen LogP contribution is -2.34. The fraction of sp³-hybridized carbons (Fsp3) is 0.692. The molecule has 0 spiro atoms. The summed E-state index contributed by atoms with van der Waals surface area (Å²) in [6.07, 6.45) is 1.82. The van der Waals surface area contributed by atoms with Crippen molar-refractivity contribution in [3.05, 3.63) is 27.7 Å². The van der Waals surface area contributed by atoms with Crippen molar-refractivity contribution in [3.63, 3.8) is 0 Å². The first-order valence-electron chi connectivity index (χ1n) is 6.71.